The Morgan fingerprint density at radius 3 is 2.70 bits per heavy atom. The van der Waals surface area contributed by atoms with Gasteiger partial charge in [-0.25, -0.2) is 12.8 Å². The normalized spacial score (nSPS) is 20.8. The third-order valence-electron chi connectivity index (χ3n) is 3.21. The van der Waals surface area contributed by atoms with Crippen molar-refractivity contribution in [1.82, 2.24) is 4.31 Å². The quantitative estimate of drug-likeness (QED) is 0.923. The minimum Gasteiger partial charge on any atom is -0.481 e. The average Bonchev–Trinajstić information content (AvgIpc) is 2.37. The van der Waals surface area contributed by atoms with Crippen LogP contribution in [-0.2, 0) is 14.8 Å². The monoisotopic (exact) mass is 321 g/mol. The lowest BCUT2D eigenvalue weighted by atomic mass is 10.0. The fourth-order valence-corrected chi connectivity index (χ4v) is 4.06. The van der Waals surface area contributed by atoms with Gasteiger partial charge in [-0.3, -0.25) is 4.79 Å². The van der Waals surface area contributed by atoms with Crippen molar-refractivity contribution in [3.05, 3.63) is 29.0 Å². The van der Waals surface area contributed by atoms with Gasteiger partial charge < -0.3 is 5.11 Å². The Kier molecular flexibility index (Phi) is 4.31. The van der Waals surface area contributed by atoms with Crippen molar-refractivity contribution in [1.29, 1.82) is 0 Å². The van der Waals surface area contributed by atoms with E-state index < -0.39 is 27.7 Å². The van der Waals surface area contributed by atoms with Gasteiger partial charge in [-0.1, -0.05) is 11.6 Å². The van der Waals surface area contributed by atoms with Gasteiger partial charge in [0, 0.05) is 18.1 Å². The largest absolute Gasteiger partial charge is 0.481 e. The molecule has 1 aliphatic rings. The molecule has 1 heterocycles. The van der Waals surface area contributed by atoms with Crippen molar-refractivity contribution in [3.8, 4) is 0 Å². The fourth-order valence-electron chi connectivity index (χ4n) is 2.19. The molecule has 110 valence electrons. The Hall–Kier alpha value is -1.18. The molecular weight excluding hydrogens is 309 g/mol. The molecule has 1 aromatic carbocycles. The Bertz CT molecular complexity index is 614. The number of halogens is 2. The third kappa shape index (κ3) is 3.11. The van der Waals surface area contributed by atoms with E-state index in [0.29, 0.717) is 12.8 Å². The SMILES string of the molecule is O=C(O)[C@H]1CCCN(S(=O)(=O)c2cc(F)cc(Cl)c2)C1. The molecule has 1 atom stereocenters. The van der Waals surface area contributed by atoms with Crippen LogP contribution in [0.4, 0.5) is 4.39 Å². The number of rotatable bonds is 3. The molecule has 0 amide bonds. The van der Waals surface area contributed by atoms with E-state index in [0.717, 1.165) is 22.5 Å². The van der Waals surface area contributed by atoms with Gasteiger partial charge >= 0.3 is 5.97 Å². The number of nitrogens with zero attached hydrogens (tertiary/aromatic N) is 1. The van der Waals surface area contributed by atoms with Gasteiger partial charge in [0.25, 0.3) is 0 Å². The maximum atomic E-state index is 13.3. The number of hydrogen-bond donors (Lipinski definition) is 1. The molecule has 0 spiro atoms. The first-order chi connectivity index (χ1) is 9.30. The fraction of sp³-hybridized carbons (Fsp3) is 0.417. The summed E-state index contributed by atoms with van der Waals surface area (Å²) >= 11 is 5.66. The predicted molar refractivity (Wildman–Crippen MR) is 70.5 cm³/mol. The minimum absolute atomic E-state index is 0.0182. The summed E-state index contributed by atoms with van der Waals surface area (Å²) in [5.41, 5.74) is 0. The zero-order chi connectivity index (χ0) is 14.9. The molecule has 8 heteroatoms. The van der Waals surface area contributed by atoms with E-state index >= 15 is 0 Å². The molecule has 1 aromatic rings. The van der Waals surface area contributed by atoms with Crippen LogP contribution in [0.1, 0.15) is 12.8 Å². The van der Waals surface area contributed by atoms with Crippen LogP contribution in [0.15, 0.2) is 23.1 Å². The standard InChI is InChI=1S/C12H13ClFNO4S/c13-9-4-10(14)6-11(5-9)20(18,19)15-3-1-2-8(7-15)12(16)17/h4-6,8H,1-3,7H2,(H,16,17)/t8-/m0/s1. The van der Waals surface area contributed by atoms with E-state index in [-0.39, 0.29) is 23.0 Å². The molecule has 1 fully saturated rings. The van der Waals surface area contributed by atoms with E-state index in [2.05, 4.69) is 0 Å². The van der Waals surface area contributed by atoms with Crippen molar-refractivity contribution in [2.45, 2.75) is 17.7 Å². The Morgan fingerprint density at radius 1 is 1.40 bits per heavy atom. The Labute approximate surface area is 121 Å². The van der Waals surface area contributed by atoms with Gasteiger partial charge in [0.15, 0.2) is 0 Å². The molecule has 0 radical (unpaired) electrons. The van der Waals surface area contributed by atoms with Crippen molar-refractivity contribution in [3.63, 3.8) is 0 Å². The molecule has 0 aliphatic carbocycles. The molecule has 1 saturated heterocycles. The molecule has 5 nitrogen and oxygen atoms in total. The van der Waals surface area contributed by atoms with Crippen LogP contribution >= 0.6 is 11.6 Å². The Morgan fingerprint density at radius 2 is 2.10 bits per heavy atom. The molecule has 2 rings (SSSR count). The zero-order valence-corrected chi connectivity index (χ0v) is 12.0. The first-order valence-corrected chi connectivity index (χ1v) is 7.81. The lowest BCUT2D eigenvalue weighted by Gasteiger charge is -2.29. The predicted octanol–water partition coefficient (Wildman–Crippen LogP) is 1.96. The molecule has 20 heavy (non-hydrogen) atoms. The maximum Gasteiger partial charge on any atom is 0.307 e. The van der Waals surface area contributed by atoms with Gasteiger partial charge in [0.05, 0.1) is 10.8 Å². The van der Waals surface area contributed by atoms with Crippen molar-refractivity contribution in [2.24, 2.45) is 5.92 Å². The molecule has 0 unspecified atom stereocenters. The Balaban J connectivity index is 2.32. The number of aliphatic carboxylic acids is 1. The van der Waals surface area contributed by atoms with Crippen molar-refractivity contribution < 1.29 is 22.7 Å². The van der Waals surface area contributed by atoms with Gasteiger partial charge in [0.1, 0.15) is 5.82 Å². The number of sulfonamides is 1. The van der Waals surface area contributed by atoms with E-state index in [1.165, 1.54) is 0 Å². The topological polar surface area (TPSA) is 74.7 Å². The number of carboxylic acid groups (broad SMARTS) is 1. The number of carboxylic acids is 1. The number of hydrogen-bond acceptors (Lipinski definition) is 3. The van der Waals surface area contributed by atoms with Crippen LogP contribution in [-0.4, -0.2) is 36.9 Å². The molecule has 0 saturated carbocycles. The second kappa shape index (κ2) is 5.67. The van der Waals surface area contributed by atoms with Crippen LogP contribution in [0.5, 0.6) is 0 Å². The molecule has 0 bridgehead atoms. The van der Waals surface area contributed by atoms with Crippen LogP contribution in [0.25, 0.3) is 0 Å². The highest BCUT2D eigenvalue weighted by molar-refractivity contribution is 7.89. The highest BCUT2D eigenvalue weighted by Crippen LogP contribution is 2.26. The van der Waals surface area contributed by atoms with Gasteiger partial charge in [0.2, 0.25) is 10.0 Å². The van der Waals surface area contributed by atoms with E-state index in [1.807, 2.05) is 0 Å². The summed E-state index contributed by atoms with van der Waals surface area (Å²) in [4.78, 5) is 10.7. The average molecular weight is 322 g/mol. The van der Waals surface area contributed by atoms with Crippen LogP contribution < -0.4 is 0 Å². The summed E-state index contributed by atoms with van der Waals surface area (Å²) in [7, 11) is -3.93. The van der Waals surface area contributed by atoms with Gasteiger partial charge in [-0.15, -0.1) is 0 Å². The number of benzene rings is 1. The van der Waals surface area contributed by atoms with Crippen LogP contribution in [0.3, 0.4) is 0 Å². The lowest BCUT2D eigenvalue weighted by molar-refractivity contribution is -0.142. The number of piperidine rings is 1. The first-order valence-electron chi connectivity index (χ1n) is 6.00. The summed E-state index contributed by atoms with van der Waals surface area (Å²) in [5, 5.41) is 8.96. The van der Waals surface area contributed by atoms with E-state index in [4.69, 9.17) is 16.7 Å². The molecule has 0 aromatic heterocycles. The van der Waals surface area contributed by atoms with Crippen LogP contribution in [0, 0.1) is 11.7 Å². The second-order valence-electron chi connectivity index (χ2n) is 4.65. The third-order valence-corrected chi connectivity index (χ3v) is 5.27. The first kappa shape index (κ1) is 15.2. The van der Waals surface area contributed by atoms with Gasteiger partial charge in [-0.05, 0) is 31.0 Å². The molecule has 1 N–H and O–H groups in total. The highest BCUT2D eigenvalue weighted by atomic mass is 35.5. The highest BCUT2D eigenvalue weighted by Gasteiger charge is 2.33. The van der Waals surface area contributed by atoms with Gasteiger partial charge in [-0.2, -0.15) is 4.31 Å². The van der Waals surface area contributed by atoms with E-state index in [1.54, 1.807) is 0 Å². The lowest BCUT2D eigenvalue weighted by Crippen LogP contribution is -2.42. The van der Waals surface area contributed by atoms with E-state index in [9.17, 15) is 17.6 Å². The summed E-state index contributed by atoms with van der Waals surface area (Å²) in [6.45, 7) is 0.117. The summed E-state index contributed by atoms with van der Waals surface area (Å²) in [5.74, 6) is -2.51. The number of carbonyl (C=O) groups is 1. The van der Waals surface area contributed by atoms with Crippen molar-refractivity contribution in [2.75, 3.05) is 13.1 Å². The van der Waals surface area contributed by atoms with Crippen molar-refractivity contribution >= 4 is 27.6 Å². The summed E-state index contributed by atoms with van der Waals surface area (Å²) < 4.78 is 39.1. The minimum atomic E-state index is -3.93. The zero-order valence-electron chi connectivity index (χ0n) is 10.4. The summed E-state index contributed by atoms with van der Waals surface area (Å²) in [6.07, 6.45) is 0.893. The molecule has 1 aliphatic heterocycles. The molecular formula is C12H13ClFNO4S. The smallest absolute Gasteiger partial charge is 0.307 e. The second-order valence-corrected chi connectivity index (χ2v) is 7.02. The van der Waals surface area contributed by atoms with Crippen LogP contribution in [0.2, 0.25) is 5.02 Å². The maximum absolute atomic E-state index is 13.3. The summed E-state index contributed by atoms with van der Waals surface area (Å²) in [6, 6.07) is 3.05.